The van der Waals surface area contributed by atoms with Gasteiger partial charge in [0.2, 0.25) is 0 Å². The van der Waals surface area contributed by atoms with Gasteiger partial charge in [0.1, 0.15) is 10.9 Å². The van der Waals surface area contributed by atoms with E-state index in [1.54, 1.807) is 59.8 Å². The summed E-state index contributed by atoms with van der Waals surface area (Å²) in [5.41, 5.74) is 2.19. The van der Waals surface area contributed by atoms with Crippen LogP contribution in [-0.2, 0) is 13.1 Å². The van der Waals surface area contributed by atoms with Gasteiger partial charge in [-0.15, -0.1) is 0 Å². The molecule has 0 atom stereocenters. The molecule has 0 spiro atoms. The van der Waals surface area contributed by atoms with Crippen molar-refractivity contribution < 1.29 is 4.74 Å². The molecule has 0 amide bonds. The lowest BCUT2D eigenvalue weighted by Gasteiger charge is -2.13. The van der Waals surface area contributed by atoms with E-state index >= 15 is 0 Å². The van der Waals surface area contributed by atoms with Gasteiger partial charge in [0.15, 0.2) is 5.82 Å². The number of rotatable bonds is 6. The van der Waals surface area contributed by atoms with Crippen molar-refractivity contribution in [2.75, 3.05) is 7.11 Å². The summed E-state index contributed by atoms with van der Waals surface area (Å²) in [6.45, 7) is 2.35. The van der Waals surface area contributed by atoms with Crippen LogP contribution < -0.4 is 15.9 Å². The lowest BCUT2D eigenvalue weighted by Crippen LogP contribution is -2.24. The number of ether oxygens (including phenoxy) is 1. The molecule has 5 aromatic rings. The number of hydrogen-bond donors (Lipinski definition) is 0. The molecule has 0 unspecified atom stereocenters. The van der Waals surface area contributed by atoms with Gasteiger partial charge in [-0.25, -0.2) is 9.97 Å². The van der Waals surface area contributed by atoms with Crippen LogP contribution >= 0.6 is 11.6 Å². The third-order valence-corrected chi connectivity index (χ3v) is 6.13. The normalized spacial score (nSPS) is 11.2. The number of benzene rings is 1. The summed E-state index contributed by atoms with van der Waals surface area (Å²) < 4.78 is 10.1. The molecule has 5 rings (SSSR count). The molecule has 4 heterocycles. The monoisotopic (exact) mass is 487 g/mol. The van der Waals surface area contributed by atoms with Gasteiger partial charge in [-0.2, -0.15) is 4.68 Å². The second kappa shape index (κ2) is 9.23. The van der Waals surface area contributed by atoms with Gasteiger partial charge in [-0.05, 0) is 36.8 Å². The lowest BCUT2D eigenvalue weighted by molar-refractivity contribution is 0.412. The summed E-state index contributed by atoms with van der Waals surface area (Å²) in [5, 5.41) is 0.788. The van der Waals surface area contributed by atoms with E-state index < -0.39 is 0 Å². The average molecular weight is 488 g/mol. The van der Waals surface area contributed by atoms with Crippen LogP contribution in [0.25, 0.3) is 16.7 Å². The molecule has 35 heavy (non-hydrogen) atoms. The maximum absolute atomic E-state index is 13.8. The van der Waals surface area contributed by atoms with Crippen molar-refractivity contribution in [1.29, 1.82) is 0 Å². The topological polar surface area (TPSA) is 83.9 Å². The van der Waals surface area contributed by atoms with Crippen LogP contribution in [0.1, 0.15) is 17.0 Å². The van der Waals surface area contributed by atoms with Crippen LogP contribution in [-0.4, -0.2) is 31.0 Å². The standard InChI is InChI=1S/C26H22ClN5O3/c1-17-25-21(13-24(33)30(17)16-19-9-6-10-22(27)29-19)31(15-18-7-4-3-5-8-18)32(26(25)34)23-12-11-20(35-2)14-28-23/h3-14H,15-16H2,1-2H3. The van der Waals surface area contributed by atoms with E-state index in [2.05, 4.69) is 9.97 Å². The predicted molar refractivity (Wildman–Crippen MR) is 135 cm³/mol. The molecule has 0 aliphatic rings. The number of pyridine rings is 3. The Morgan fingerprint density at radius 3 is 2.46 bits per heavy atom. The Kier molecular flexibility index (Phi) is 5.96. The molecule has 0 aliphatic carbocycles. The summed E-state index contributed by atoms with van der Waals surface area (Å²) in [6.07, 6.45) is 1.56. The van der Waals surface area contributed by atoms with E-state index in [4.69, 9.17) is 16.3 Å². The molecule has 9 heteroatoms. The van der Waals surface area contributed by atoms with E-state index in [-0.39, 0.29) is 17.7 Å². The summed E-state index contributed by atoms with van der Waals surface area (Å²) in [4.78, 5) is 35.8. The number of aryl methyl sites for hydroxylation is 1. The van der Waals surface area contributed by atoms with Gasteiger partial charge in [-0.1, -0.05) is 48.0 Å². The molecule has 1 aromatic carbocycles. The van der Waals surface area contributed by atoms with Crippen molar-refractivity contribution in [3.05, 3.63) is 116 Å². The van der Waals surface area contributed by atoms with Gasteiger partial charge in [-0.3, -0.25) is 14.3 Å². The minimum Gasteiger partial charge on any atom is -0.495 e. The largest absolute Gasteiger partial charge is 0.495 e. The van der Waals surface area contributed by atoms with Gasteiger partial charge < -0.3 is 9.30 Å². The minimum atomic E-state index is -0.265. The van der Waals surface area contributed by atoms with Gasteiger partial charge >= 0.3 is 0 Å². The van der Waals surface area contributed by atoms with Gasteiger partial charge in [0.05, 0.1) is 43.0 Å². The van der Waals surface area contributed by atoms with Crippen molar-refractivity contribution in [2.24, 2.45) is 0 Å². The predicted octanol–water partition coefficient (Wildman–Crippen LogP) is 3.81. The molecule has 0 aliphatic heterocycles. The molecule has 0 fully saturated rings. The number of halogens is 1. The lowest BCUT2D eigenvalue weighted by atomic mass is 10.2. The highest BCUT2D eigenvalue weighted by Gasteiger charge is 2.21. The van der Waals surface area contributed by atoms with Crippen LogP contribution in [0.15, 0.2) is 82.5 Å². The average Bonchev–Trinajstić information content (AvgIpc) is 3.13. The minimum absolute atomic E-state index is 0.200. The molecular formula is C26H22ClN5O3. The maximum Gasteiger partial charge on any atom is 0.282 e. The fraction of sp³-hybridized carbons (Fsp3) is 0.154. The highest BCUT2D eigenvalue weighted by Crippen LogP contribution is 2.20. The van der Waals surface area contributed by atoms with Crippen LogP contribution in [0, 0.1) is 6.92 Å². The molecule has 176 valence electrons. The van der Waals surface area contributed by atoms with E-state index in [1.807, 2.05) is 30.3 Å². The summed E-state index contributed by atoms with van der Waals surface area (Å²) >= 11 is 6.03. The SMILES string of the molecule is COc1ccc(-n2c(=O)c3c(C)n(Cc4cccc(Cl)n4)c(=O)cc3n2Cc2ccccc2)nc1. The van der Waals surface area contributed by atoms with Gasteiger partial charge in [0.25, 0.3) is 11.1 Å². The summed E-state index contributed by atoms with van der Waals surface area (Å²) in [6, 6.07) is 20.0. The first-order valence-electron chi connectivity index (χ1n) is 11.0. The number of fused-ring (bicyclic) bond motifs is 1. The molecule has 0 radical (unpaired) electrons. The Morgan fingerprint density at radius 2 is 1.77 bits per heavy atom. The molecule has 0 N–H and O–H groups in total. The Hall–Kier alpha value is -4.17. The highest BCUT2D eigenvalue weighted by molar-refractivity contribution is 6.29. The third-order valence-electron chi connectivity index (χ3n) is 5.92. The fourth-order valence-corrected chi connectivity index (χ4v) is 4.38. The molecule has 0 saturated heterocycles. The third kappa shape index (κ3) is 4.24. The van der Waals surface area contributed by atoms with Crippen LogP contribution in [0.2, 0.25) is 5.15 Å². The second-order valence-electron chi connectivity index (χ2n) is 8.08. The second-order valence-corrected chi connectivity index (χ2v) is 8.47. The number of methoxy groups -OCH3 is 1. The first-order valence-corrected chi connectivity index (χ1v) is 11.4. The van der Waals surface area contributed by atoms with Crippen LogP contribution in [0.4, 0.5) is 0 Å². The van der Waals surface area contributed by atoms with E-state index in [0.29, 0.717) is 45.6 Å². The molecule has 4 aromatic heterocycles. The summed E-state index contributed by atoms with van der Waals surface area (Å²) in [7, 11) is 1.56. The van der Waals surface area contributed by atoms with Crippen molar-refractivity contribution in [2.45, 2.75) is 20.0 Å². The van der Waals surface area contributed by atoms with Crippen molar-refractivity contribution in [3.8, 4) is 11.6 Å². The molecular weight excluding hydrogens is 466 g/mol. The quantitative estimate of drug-likeness (QED) is 0.340. The van der Waals surface area contributed by atoms with Crippen molar-refractivity contribution in [3.63, 3.8) is 0 Å². The summed E-state index contributed by atoms with van der Waals surface area (Å²) in [5.74, 6) is 1.01. The number of nitrogens with zero attached hydrogens (tertiary/aromatic N) is 5. The Morgan fingerprint density at radius 1 is 0.971 bits per heavy atom. The molecule has 0 bridgehead atoms. The fourth-order valence-electron chi connectivity index (χ4n) is 4.20. The van der Waals surface area contributed by atoms with Crippen LogP contribution in [0.5, 0.6) is 5.75 Å². The van der Waals surface area contributed by atoms with Crippen LogP contribution in [0.3, 0.4) is 0 Å². The first kappa shape index (κ1) is 22.6. The highest BCUT2D eigenvalue weighted by atomic mass is 35.5. The Labute approximate surface area is 205 Å². The molecule has 0 saturated carbocycles. The Balaban J connectivity index is 1.75. The number of aromatic nitrogens is 5. The van der Waals surface area contributed by atoms with Crippen molar-refractivity contribution in [1.82, 2.24) is 23.9 Å². The zero-order valence-electron chi connectivity index (χ0n) is 19.2. The van der Waals surface area contributed by atoms with Gasteiger partial charge in [0, 0.05) is 11.8 Å². The maximum atomic E-state index is 13.8. The van der Waals surface area contributed by atoms with E-state index in [1.165, 1.54) is 10.7 Å². The van der Waals surface area contributed by atoms with Crippen molar-refractivity contribution >= 4 is 22.5 Å². The van der Waals surface area contributed by atoms with E-state index in [0.717, 1.165) is 5.56 Å². The Bertz CT molecular complexity index is 1640. The zero-order valence-corrected chi connectivity index (χ0v) is 19.9. The first-order chi connectivity index (χ1) is 17.0. The smallest absolute Gasteiger partial charge is 0.282 e. The zero-order chi connectivity index (χ0) is 24.5. The van der Waals surface area contributed by atoms with E-state index in [9.17, 15) is 9.59 Å². The number of hydrogen-bond acceptors (Lipinski definition) is 5. The molecule has 8 nitrogen and oxygen atoms in total.